The third kappa shape index (κ3) is 3.84. The molecule has 150 valence electrons. The lowest BCUT2D eigenvalue weighted by Crippen LogP contribution is -2.15. The van der Waals surface area contributed by atoms with E-state index in [1.165, 1.54) is 39.2 Å². The van der Waals surface area contributed by atoms with Crippen LogP contribution in [0.4, 0.5) is 0 Å². The normalized spacial score (nSPS) is 12.0. The maximum atomic E-state index is 12.2. The van der Waals surface area contributed by atoms with E-state index in [1.807, 2.05) is 18.5 Å². The first-order valence-corrected chi connectivity index (χ1v) is 11.0. The van der Waals surface area contributed by atoms with Gasteiger partial charge in [-0.3, -0.25) is 4.79 Å². The van der Waals surface area contributed by atoms with Gasteiger partial charge in [0.1, 0.15) is 0 Å². The number of aryl methyl sites for hydroxylation is 1. The van der Waals surface area contributed by atoms with Crippen molar-refractivity contribution in [2.45, 2.75) is 49.0 Å². The molecule has 3 heterocycles. The van der Waals surface area contributed by atoms with Crippen molar-refractivity contribution in [1.82, 2.24) is 29.4 Å². The van der Waals surface area contributed by atoms with Crippen LogP contribution >= 0.6 is 23.1 Å². The van der Waals surface area contributed by atoms with Crippen LogP contribution in [0, 0.1) is 0 Å². The topological polar surface area (TPSA) is 78.0 Å². The smallest absolute Gasteiger partial charge is 0.275 e. The number of fused-ring (bicyclic) bond motifs is 1. The number of nitrogens with zero attached hydrogens (tertiary/aromatic N) is 6. The van der Waals surface area contributed by atoms with E-state index in [4.69, 9.17) is 0 Å². The van der Waals surface area contributed by atoms with Gasteiger partial charge in [0.2, 0.25) is 4.96 Å². The van der Waals surface area contributed by atoms with Crippen LogP contribution < -0.4 is 5.56 Å². The Morgan fingerprint density at radius 1 is 1.14 bits per heavy atom. The molecular weight excluding hydrogens is 404 g/mol. The molecule has 0 saturated carbocycles. The van der Waals surface area contributed by atoms with Gasteiger partial charge in [0.15, 0.2) is 15.3 Å². The van der Waals surface area contributed by atoms with Crippen molar-refractivity contribution >= 4 is 28.1 Å². The van der Waals surface area contributed by atoms with E-state index in [1.54, 1.807) is 0 Å². The van der Waals surface area contributed by atoms with E-state index in [-0.39, 0.29) is 11.0 Å². The van der Waals surface area contributed by atoms with Crippen molar-refractivity contribution in [3.8, 4) is 11.4 Å². The van der Waals surface area contributed by atoms with Gasteiger partial charge in [0.25, 0.3) is 5.56 Å². The molecule has 0 N–H and O–H groups in total. The third-order valence-electron chi connectivity index (χ3n) is 4.66. The van der Waals surface area contributed by atoms with Crippen LogP contribution in [0.1, 0.15) is 39.0 Å². The van der Waals surface area contributed by atoms with Crippen molar-refractivity contribution in [3.05, 3.63) is 51.9 Å². The molecule has 29 heavy (non-hydrogen) atoms. The molecule has 0 spiro atoms. The molecule has 0 fully saturated rings. The summed E-state index contributed by atoms with van der Waals surface area (Å²) in [5.41, 5.74) is 3.00. The predicted octanol–water partition coefficient (Wildman–Crippen LogP) is 3.96. The fourth-order valence-electron chi connectivity index (χ4n) is 2.91. The Labute approximate surface area is 176 Å². The van der Waals surface area contributed by atoms with Crippen molar-refractivity contribution in [3.63, 3.8) is 0 Å². The van der Waals surface area contributed by atoms with E-state index in [2.05, 4.69) is 65.3 Å². The summed E-state index contributed by atoms with van der Waals surface area (Å²) in [5, 5.41) is 13.8. The highest BCUT2D eigenvalue weighted by molar-refractivity contribution is 8.01. The van der Waals surface area contributed by atoms with E-state index in [9.17, 15) is 4.79 Å². The molecule has 4 aromatic rings. The molecule has 0 aliphatic rings. The van der Waals surface area contributed by atoms with Gasteiger partial charge in [0.05, 0.1) is 0 Å². The molecule has 9 heteroatoms. The average molecular weight is 427 g/mol. The van der Waals surface area contributed by atoms with Crippen molar-refractivity contribution < 1.29 is 0 Å². The molecular formula is C20H22N6OS2. The zero-order valence-electron chi connectivity index (χ0n) is 17.0. The maximum Gasteiger partial charge on any atom is 0.275 e. The first kappa shape index (κ1) is 19.8. The van der Waals surface area contributed by atoms with Gasteiger partial charge < -0.3 is 4.57 Å². The largest absolute Gasteiger partial charge is 0.305 e. The van der Waals surface area contributed by atoms with Crippen molar-refractivity contribution in [2.75, 3.05) is 0 Å². The minimum Gasteiger partial charge on any atom is -0.305 e. The third-order valence-corrected chi connectivity index (χ3v) is 6.66. The van der Waals surface area contributed by atoms with Gasteiger partial charge in [0, 0.05) is 24.4 Å². The van der Waals surface area contributed by atoms with Crippen LogP contribution in [0.2, 0.25) is 0 Å². The lowest BCUT2D eigenvalue weighted by atomic mass is 9.87. The molecule has 4 rings (SSSR count). The standard InChI is InChI=1S/C20H22N6OS2/c1-6-14-11-15(27)26-17(21-14)28-19(24-26)29-18-23-22-16(25(18)5)12-7-9-13(10-8-12)20(2,3)4/h7-11H,6H2,1-5H3. The Kier molecular flexibility index (Phi) is 5.04. The average Bonchev–Trinajstić information content (AvgIpc) is 3.25. The van der Waals surface area contributed by atoms with Gasteiger partial charge >= 0.3 is 0 Å². The highest BCUT2D eigenvalue weighted by Crippen LogP contribution is 2.32. The second-order valence-electron chi connectivity index (χ2n) is 7.80. The van der Waals surface area contributed by atoms with Gasteiger partial charge in [-0.1, -0.05) is 63.3 Å². The Bertz CT molecular complexity index is 1230. The highest BCUT2D eigenvalue weighted by Gasteiger charge is 2.17. The molecule has 0 aliphatic carbocycles. The first-order chi connectivity index (χ1) is 13.8. The maximum absolute atomic E-state index is 12.2. The minimum atomic E-state index is -0.160. The summed E-state index contributed by atoms with van der Waals surface area (Å²) in [7, 11) is 1.93. The quantitative estimate of drug-likeness (QED) is 0.492. The monoisotopic (exact) mass is 426 g/mol. The Morgan fingerprint density at radius 3 is 2.52 bits per heavy atom. The lowest BCUT2D eigenvalue weighted by molar-refractivity contribution is 0.590. The van der Waals surface area contributed by atoms with Crippen molar-refractivity contribution in [1.29, 1.82) is 0 Å². The molecule has 1 aromatic carbocycles. The Balaban J connectivity index is 1.63. The van der Waals surface area contributed by atoms with E-state index < -0.39 is 0 Å². The fourth-order valence-corrected chi connectivity index (χ4v) is 4.77. The van der Waals surface area contributed by atoms with E-state index >= 15 is 0 Å². The summed E-state index contributed by atoms with van der Waals surface area (Å²) in [6.07, 6.45) is 0.715. The summed E-state index contributed by atoms with van der Waals surface area (Å²) >= 11 is 2.76. The van der Waals surface area contributed by atoms with E-state index in [0.717, 1.165) is 17.1 Å². The molecule has 0 amide bonds. The van der Waals surface area contributed by atoms with Crippen molar-refractivity contribution in [2.24, 2.45) is 7.05 Å². The number of rotatable bonds is 4. The van der Waals surface area contributed by atoms with Crippen LogP contribution in [0.5, 0.6) is 0 Å². The number of hydrogen-bond acceptors (Lipinski definition) is 7. The molecule has 0 unspecified atom stereocenters. The van der Waals surface area contributed by atoms with E-state index in [0.29, 0.717) is 20.9 Å². The summed E-state index contributed by atoms with van der Waals surface area (Å²) in [6, 6.07) is 9.95. The highest BCUT2D eigenvalue weighted by atomic mass is 32.2. The van der Waals surface area contributed by atoms with Crippen LogP contribution in [-0.2, 0) is 18.9 Å². The molecule has 0 radical (unpaired) electrons. The number of aromatic nitrogens is 6. The number of hydrogen-bond donors (Lipinski definition) is 0. The minimum absolute atomic E-state index is 0.107. The molecule has 0 aliphatic heterocycles. The molecule has 0 saturated heterocycles. The summed E-state index contributed by atoms with van der Waals surface area (Å²) in [4.78, 5) is 17.3. The lowest BCUT2D eigenvalue weighted by Gasteiger charge is -2.19. The second-order valence-corrected chi connectivity index (χ2v) is 9.97. The zero-order chi connectivity index (χ0) is 20.8. The van der Waals surface area contributed by atoms with Crippen LogP contribution in [0.25, 0.3) is 16.3 Å². The number of benzene rings is 1. The summed E-state index contributed by atoms with van der Waals surface area (Å²) in [6.45, 7) is 8.56. The van der Waals surface area contributed by atoms with Gasteiger partial charge in [-0.05, 0) is 29.2 Å². The van der Waals surface area contributed by atoms with Crippen LogP contribution in [-0.4, -0.2) is 29.4 Å². The van der Waals surface area contributed by atoms with Crippen LogP contribution in [0.3, 0.4) is 0 Å². The summed E-state index contributed by atoms with van der Waals surface area (Å²) in [5.74, 6) is 0.789. The second kappa shape index (κ2) is 7.38. The first-order valence-electron chi connectivity index (χ1n) is 9.34. The zero-order valence-corrected chi connectivity index (χ0v) is 18.6. The SMILES string of the molecule is CCc1cc(=O)n2nc(Sc3nnc(-c4ccc(C(C)(C)C)cc4)n3C)sc2n1. The predicted molar refractivity (Wildman–Crippen MR) is 116 cm³/mol. The van der Waals surface area contributed by atoms with Gasteiger partial charge in [-0.25, -0.2) is 4.98 Å². The summed E-state index contributed by atoms with van der Waals surface area (Å²) < 4.78 is 3.98. The van der Waals surface area contributed by atoms with Gasteiger partial charge in [-0.2, -0.15) is 4.52 Å². The molecule has 3 aromatic heterocycles. The Morgan fingerprint density at radius 2 is 1.86 bits per heavy atom. The molecule has 7 nitrogen and oxygen atoms in total. The van der Waals surface area contributed by atoms with Crippen LogP contribution in [0.15, 0.2) is 44.6 Å². The molecule has 0 bridgehead atoms. The Hall–Kier alpha value is -2.52. The fraction of sp³-hybridized carbons (Fsp3) is 0.350. The molecule has 0 atom stereocenters. The van der Waals surface area contributed by atoms with Gasteiger partial charge in [-0.15, -0.1) is 15.3 Å².